The van der Waals surface area contributed by atoms with Crippen LogP contribution in [0, 0.1) is 5.92 Å². The number of nitrogens with one attached hydrogen (secondary N) is 1. The van der Waals surface area contributed by atoms with Crippen LogP contribution in [-0.2, 0) is 16.1 Å². The highest BCUT2D eigenvalue weighted by Crippen LogP contribution is 2.21. The van der Waals surface area contributed by atoms with Gasteiger partial charge in [-0.2, -0.15) is 0 Å². The van der Waals surface area contributed by atoms with Gasteiger partial charge in [0.05, 0.1) is 0 Å². The van der Waals surface area contributed by atoms with Gasteiger partial charge in [0, 0.05) is 65.7 Å². The van der Waals surface area contributed by atoms with Crippen molar-refractivity contribution in [3.63, 3.8) is 0 Å². The molecule has 1 aromatic heterocycles. The fourth-order valence-electron chi connectivity index (χ4n) is 4.57. The quantitative estimate of drug-likeness (QED) is 0.349. The molecule has 1 unspecified atom stereocenters. The van der Waals surface area contributed by atoms with E-state index in [2.05, 4.69) is 44.1 Å². The number of carbonyl (C=O) groups excluding carboxylic acids is 1. The fourth-order valence-corrected chi connectivity index (χ4v) is 4.57. The largest absolute Gasteiger partial charge is 0.368 e. The standard InChI is InChI=1S/C23H36N6O2.HI/c1-18-7-9-27(10-8-18)21-6-5-19(16-25-21)17-26-23(24-2)29-13-11-28(12-14-29)22(30)20-4-3-15-31-20;/h5-6,16,18,20H,3-4,7-15,17H2,1-2H3,(H,24,26);1H. The van der Waals surface area contributed by atoms with Gasteiger partial charge in [-0.15, -0.1) is 24.0 Å². The molecule has 0 bridgehead atoms. The van der Waals surface area contributed by atoms with Crippen LogP contribution in [0.4, 0.5) is 5.82 Å². The normalized spacial score (nSPS) is 22.6. The molecule has 0 spiro atoms. The molecule has 4 rings (SSSR count). The maximum atomic E-state index is 12.5. The number of hydrogen-bond donors (Lipinski definition) is 1. The minimum absolute atomic E-state index is 0. The van der Waals surface area contributed by atoms with E-state index >= 15 is 0 Å². The zero-order valence-corrected chi connectivity index (χ0v) is 21.7. The topological polar surface area (TPSA) is 73.3 Å². The lowest BCUT2D eigenvalue weighted by Gasteiger charge is -2.37. The number of nitrogens with zero attached hydrogens (tertiary/aromatic N) is 5. The van der Waals surface area contributed by atoms with E-state index in [1.165, 1.54) is 12.8 Å². The first kappa shape index (κ1) is 25.0. The third-order valence-electron chi connectivity index (χ3n) is 6.68. The van der Waals surface area contributed by atoms with E-state index in [-0.39, 0.29) is 36.0 Å². The highest BCUT2D eigenvalue weighted by Gasteiger charge is 2.30. The summed E-state index contributed by atoms with van der Waals surface area (Å²) < 4.78 is 5.55. The summed E-state index contributed by atoms with van der Waals surface area (Å²) in [5.41, 5.74) is 1.14. The predicted molar refractivity (Wildman–Crippen MR) is 138 cm³/mol. The van der Waals surface area contributed by atoms with E-state index in [1.54, 1.807) is 0 Å². The number of aromatic nitrogens is 1. The zero-order chi connectivity index (χ0) is 21.6. The molecule has 178 valence electrons. The first-order valence-electron chi connectivity index (χ1n) is 11.7. The number of anilines is 1. The number of piperazine rings is 1. The number of rotatable bonds is 4. The van der Waals surface area contributed by atoms with Gasteiger partial charge in [-0.25, -0.2) is 4.98 Å². The summed E-state index contributed by atoms with van der Waals surface area (Å²) in [7, 11) is 1.81. The van der Waals surface area contributed by atoms with Gasteiger partial charge in [0.25, 0.3) is 5.91 Å². The number of ether oxygens (including phenoxy) is 1. The van der Waals surface area contributed by atoms with Gasteiger partial charge in [-0.1, -0.05) is 13.0 Å². The minimum atomic E-state index is -0.229. The molecule has 3 saturated heterocycles. The van der Waals surface area contributed by atoms with Crippen LogP contribution < -0.4 is 10.2 Å². The number of piperidine rings is 1. The van der Waals surface area contributed by atoms with Crippen LogP contribution in [0.25, 0.3) is 0 Å². The molecule has 3 aliphatic rings. The first-order valence-corrected chi connectivity index (χ1v) is 11.7. The number of pyridine rings is 1. The maximum absolute atomic E-state index is 12.5. The van der Waals surface area contributed by atoms with Crippen molar-refractivity contribution in [3.05, 3.63) is 23.9 Å². The monoisotopic (exact) mass is 556 g/mol. The predicted octanol–water partition coefficient (Wildman–Crippen LogP) is 2.33. The minimum Gasteiger partial charge on any atom is -0.368 e. The Labute approximate surface area is 208 Å². The molecular formula is C23H37IN6O2. The van der Waals surface area contributed by atoms with Crippen molar-refractivity contribution >= 4 is 41.7 Å². The van der Waals surface area contributed by atoms with Crippen LogP contribution in [0.3, 0.4) is 0 Å². The summed E-state index contributed by atoms with van der Waals surface area (Å²) in [5.74, 6) is 2.92. The Balaban J connectivity index is 0.00000289. The van der Waals surface area contributed by atoms with Gasteiger partial charge in [0.2, 0.25) is 0 Å². The summed E-state index contributed by atoms with van der Waals surface area (Å²) in [6.45, 7) is 8.90. The molecule has 8 nitrogen and oxygen atoms in total. The van der Waals surface area contributed by atoms with E-state index in [1.807, 2.05) is 18.1 Å². The Kier molecular flexibility index (Phi) is 9.39. The van der Waals surface area contributed by atoms with Crippen molar-refractivity contribution in [2.45, 2.75) is 45.3 Å². The smallest absolute Gasteiger partial charge is 0.251 e. The van der Waals surface area contributed by atoms with Crippen LogP contribution in [0.2, 0.25) is 0 Å². The molecule has 1 atom stereocenters. The van der Waals surface area contributed by atoms with Gasteiger partial charge in [-0.3, -0.25) is 9.79 Å². The number of halogens is 1. The second-order valence-corrected chi connectivity index (χ2v) is 8.91. The molecule has 3 aliphatic heterocycles. The second kappa shape index (κ2) is 12.0. The third kappa shape index (κ3) is 6.24. The number of guanidine groups is 1. The lowest BCUT2D eigenvalue weighted by atomic mass is 9.99. The van der Waals surface area contributed by atoms with Crippen molar-refractivity contribution in [1.82, 2.24) is 20.1 Å². The van der Waals surface area contributed by atoms with Gasteiger partial charge in [0.15, 0.2) is 5.96 Å². The Morgan fingerprint density at radius 1 is 1.12 bits per heavy atom. The van der Waals surface area contributed by atoms with E-state index in [9.17, 15) is 4.79 Å². The van der Waals surface area contributed by atoms with E-state index in [0.29, 0.717) is 26.2 Å². The Morgan fingerprint density at radius 3 is 2.44 bits per heavy atom. The molecule has 0 saturated carbocycles. The number of hydrogen-bond acceptors (Lipinski definition) is 5. The molecule has 9 heteroatoms. The van der Waals surface area contributed by atoms with Crippen molar-refractivity contribution in [2.24, 2.45) is 10.9 Å². The molecule has 0 aromatic carbocycles. The van der Waals surface area contributed by atoms with Crippen molar-refractivity contribution in [2.75, 3.05) is 57.8 Å². The summed E-state index contributed by atoms with van der Waals surface area (Å²) >= 11 is 0. The molecule has 3 fully saturated rings. The molecule has 0 aliphatic carbocycles. The van der Waals surface area contributed by atoms with Crippen LogP contribution in [0.5, 0.6) is 0 Å². The van der Waals surface area contributed by atoms with Gasteiger partial charge >= 0.3 is 0 Å². The average Bonchev–Trinajstić information content (AvgIpc) is 3.35. The number of amides is 1. The average molecular weight is 556 g/mol. The van der Waals surface area contributed by atoms with Gasteiger partial charge in [0.1, 0.15) is 11.9 Å². The van der Waals surface area contributed by atoms with Crippen LogP contribution in [0.1, 0.15) is 38.2 Å². The van der Waals surface area contributed by atoms with Crippen LogP contribution in [0.15, 0.2) is 23.3 Å². The van der Waals surface area contributed by atoms with Crippen molar-refractivity contribution in [3.8, 4) is 0 Å². The Bertz CT molecular complexity index is 752. The molecule has 1 amide bonds. The summed E-state index contributed by atoms with van der Waals surface area (Å²) in [4.78, 5) is 28.2. The van der Waals surface area contributed by atoms with Crippen molar-refractivity contribution in [1.29, 1.82) is 0 Å². The number of carbonyl (C=O) groups is 1. The Morgan fingerprint density at radius 2 is 1.84 bits per heavy atom. The molecule has 1 N–H and O–H groups in total. The molecule has 1 aromatic rings. The SMILES string of the molecule is CN=C(NCc1ccc(N2CCC(C)CC2)nc1)N1CCN(C(=O)C2CCCO2)CC1.I. The highest BCUT2D eigenvalue weighted by atomic mass is 127. The van der Waals surface area contributed by atoms with Crippen molar-refractivity contribution < 1.29 is 9.53 Å². The molecule has 4 heterocycles. The van der Waals surface area contributed by atoms with E-state index in [4.69, 9.17) is 4.74 Å². The summed E-state index contributed by atoms with van der Waals surface area (Å²) in [5, 5.41) is 3.45. The van der Waals surface area contributed by atoms with Gasteiger partial charge in [-0.05, 0) is 43.2 Å². The van der Waals surface area contributed by atoms with Crippen LogP contribution in [-0.4, -0.2) is 85.7 Å². The highest BCUT2D eigenvalue weighted by molar-refractivity contribution is 14.0. The molecule has 0 radical (unpaired) electrons. The second-order valence-electron chi connectivity index (χ2n) is 8.91. The number of aliphatic imine (C=N–C) groups is 1. The third-order valence-corrected chi connectivity index (χ3v) is 6.68. The van der Waals surface area contributed by atoms with E-state index < -0.39 is 0 Å². The zero-order valence-electron chi connectivity index (χ0n) is 19.3. The first-order chi connectivity index (χ1) is 15.1. The lowest BCUT2D eigenvalue weighted by molar-refractivity contribution is -0.142. The molecular weight excluding hydrogens is 519 g/mol. The Hall–Kier alpha value is -1.62. The molecule has 32 heavy (non-hydrogen) atoms. The fraction of sp³-hybridized carbons (Fsp3) is 0.696. The van der Waals surface area contributed by atoms with E-state index in [0.717, 1.165) is 62.3 Å². The van der Waals surface area contributed by atoms with Crippen LogP contribution >= 0.6 is 24.0 Å². The van der Waals surface area contributed by atoms with Gasteiger partial charge < -0.3 is 24.8 Å². The summed E-state index contributed by atoms with van der Waals surface area (Å²) in [6.07, 6.45) is 6.06. The summed E-state index contributed by atoms with van der Waals surface area (Å²) in [6, 6.07) is 4.28. The maximum Gasteiger partial charge on any atom is 0.251 e. The lowest BCUT2D eigenvalue weighted by Crippen LogP contribution is -2.55.